The maximum Gasteiger partial charge on any atom is 0.407 e. The van der Waals surface area contributed by atoms with Crippen LogP contribution in [0, 0.1) is 0 Å². The van der Waals surface area contributed by atoms with Crippen molar-refractivity contribution in [3.63, 3.8) is 0 Å². The Morgan fingerprint density at radius 1 is 1.50 bits per heavy atom. The van der Waals surface area contributed by atoms with E-state index in [1.54, 1.807) is 11.3 Å². The first-order chi connectivity index (χ1) is 9.30. The zero-order valence-corrected chi connectivity index (χ0v) is 14.0. The first-order valence-corrected chi connectivity index (χ1v) is 7.99. The molecule has 1 aromatic rings. The van der Waals surface area contributed by atoms with Gasteiger partial charge in [-0.3, -0.25) is 0 Å². The highest BCUT2D eigenvalue weighted by Crippen LogP contribution is 2.18. The quantitative estimate of drug-likeness (QED) is 0.839. The highest BCUT2D eigenvalue weighted by atomic mass is 35.5. The standard InChI is InChI=1S/C14H23ClN2O2S/c1-5-11(7-17-13(18)19-14(2,3)4)16-8-12-6-10(15)9-20-12/h6,9,11,16H,5,7-8H2,1-4H3,(H,17,18). The van der Waals surface area contributed by atoms with Crippen LogP contribution in [0.4, 0.5) is 4.79 Å². The Balaban J connectivity index is 2.30. The minimum Gasteiger partial charge on any atom is -0.444 e. The lowest BCUT2D eigenvalue weighted by Gasteiger charge is -2.22. The predicted molar refractivity (Wildman–Crippen MR) is 84.5 cm³/mol. The molecule has 0 aromatic carbocycles. The summed E-state index contributed by atoms with van der Waals surface area (Å²) in [6, 6.07) is 2.16. The average molecular weight is 319 g/mol. The van der Waals surface area contributed by atoms with Crippen LogP contribution in [-0.2, 0) is 11.3 Å². The topological polar surface area (TPSA) is 50.4 Å². The number of alkyl carbamates (subject to hydrolysis) is 1. The summed E-state index contributed by atoms with van der Waals surface area (Å²) in [5.74, 6) is 0. The van der Waals surface area contributed by atoms with E-state index in [9.17, 15) is 4.79 Å². The van der Waals surface area contributed by atoms with E-state index in [1.807, 2.05) is 32.2 Å². The van der Waals surface area contributed by atoms with Gasteiger partial charge < -0.3 is 15.4 Å². The van der Waals surface area contributed by atoms with E-state index in [2.05, 4.69) is 17.6 Å². The Kier molecular flexibility index (Phi) is 6.79. The van der Waals surface area contributed by atoms with Crippen LogP contribution in [0.5, 0.6) is 0 Å². The van der Waals surface area contributed by atoms with Crippen molar-refractivity contribution < 1.29 is 9.53 Å². The number of rotatable bonds is 6. The van der Waals surface area contributed by atoms with Crippen LogP contribution >= 0.6 is 22.9 Å². The molecule has 0 aliphatic heterocycles. The van der Waals surface area contributed by atoms with Crippen molar-refractivity contribution >= 4 is 29.0 Å². The normalized spacial score (nSPS) is 13.1. The zero-order chi connectivity index (χ0) is 15.2. The third kappa shape index (κ3) is 7.12. The SMILES string of the molecule is CCC(CNC(=O)OC(C)(C)C)NCc1cc(Cl)cs1. The minimum atomic E-state index is -0.465. The number of carbonyl (C=O) groups is 1. The van der Waals surface area contributed by atoms with Gasteiger partial charge in [0.05, 0.1) is 5.02 Å². The predicted octanol–water partition coefficient (Wildman–Crippen LogP) is 3.79. The van der Waals surface area contributed by atoms with Crippen molar-refractivity contribution in [3.8, 4) is 0 Å². The molecule has 0 radical (unpaired) electrons. The van der Waals surface area contributed by atoms with Crippen LogP contribution in [0.3, 0.4) is 0 Å². The maximum absolute atomic E-state index is 11.6. The molecule has 1 heterocycles. The summed E-state index contributed by atoms with van der Waals surface area (Å²) >= 11 is 7.51. The van der Waals surface area contributed by atoms with Gasteiger partial charge >= 0.3 is 6.09 Å². The van der Waals surface area contributed by atoms with Crippen LogP contribution in [0.1, 0.15) is 39.0 Å². The van der Waals surface area contributed by atoms with Gasteiger partial charge in [0.25, 0.3) is 0 Å². The van der Waals surface area contributed by atoms with Gasteiger partial charge in [0.1, 0.15) is 5.60 Å². The van der Waals surface area contributed by atoms with E-state index in [-0.39, 0.29) is 12.1 Å². The first-order valence-electron chi connectivity index (χ1n) is 6.73. The molecule has 2 N–H and O–H groups in total. The number of halogens is 1. The van der Waals surface area contributed by atoms with Gasteiger partial charge in [-0.05, 0) is 33.3 Å². The lowest BCUT2D eigenvalue weighted by Crippen LogP contribution is -2.42. The summed E-state index contributed by atoms with van der Waals surface area (Å²) < 4.78 is 5.21. The molecule has 1 atom stereocenters. The molecule has 0 aliphatic carbocycles. The summed E-state index contributed by atoms with van der Waals surface area (Å²) in [6.45, 7) is 8.93. The van der Waals surface area contributed by atoms with Gasteiger partial charge in [0.2, 0.25) is 0 Å². The number of hydrogen-bond donors (Lipinski definition) is 2. The number of carbonyl (C=O) groups excluding carboxylic acids is 1. The summed E-state index contributed by atoms with van der Waals surface area (Å²) in [5, 5.41) is 8.87. The Hall–Kier alpha value is -0.780. The van der Waals surface area contributed by atoms with Gasteiger partial charge in [-0.1, -0.05) is 18.5 Å². The van der Waals surface area contributed by atoms with E-state index >= 15 is 0 Å². The second kappa shape index (κ2) is 7.86. The molecule has 0 bridgehead atoms. The molecule has 1 aromatic heterocycles. The van der Waals surface area contributed by atoms with E-state index in [1.165, 1.54) is 4.88 Å². The fraction of sp³-hybridized carbons (Fsp3) is 0.643. The van der Waals surface area contributed by atoms with Crippen LogP contribution < -0.4 is 10.6 Å². The van der Waals surface area contributed by atoms with E-state index in [4.69, 9.17) is 16.3 Å². The molecule has 0 fully saturated rings. The molecule has 0 saturated carbocycles. The highest BCUT2D eigenvalue weighted by molar-refractivity contribution is 7.10. The molecule has 1 rings (SSSR count). The van der Waals surface area contributed by atoms with Crippen molar-refractivity contribution in [2.75, 3.05) is 6.54 Å². The summed E-state index contributed by atoms with van der Waals surface area (Å²) in [4.78, 5) is 12.8. The molecule has 1 amide bonds. The van der Waals surface area contributed by atoms with Crippen LogP contribution in [0.25, 0.3) is 0 Å². The second-order valence-corrected chi connectivity index (χ2v) is 7.03. The number of nitrogens with one attached hydrogen (secondary N) is 2. The number of thiophene rings is 1. The van der Waals surface area contributed by atoms with Gasteiger partial charge in [0.15, 0.2) is 0 Å². The Labute approximate surface area is 129 Å². The fourth-order valence-corrected chi connectivity index (χ4v) is 2.60. The summed E-state index contributed by atoms with van der Waals surface area (Å²) in [6.07, 6.45) is 0.548. The average Bonchev–Trinajstić information content (AvgIpc) is 2.73. The lowest BCUT2D eigenvalue weighted by atomic mass is 10.2. The van der Waals surface area contributed by atoms with Gasteiger partial charge in [-0.25, -0.2) is 4.79 Å². The smallest absolute Gasteiger partial charge is 0.407 e. The molecule has 20 heavy (non-hydrogen) atoms. The zero-order valence-electron chi connectivity index (χ0n) is 12.5. The van der Waals surface area contributed by atoms with E-state index in [0.29, 0.717) is 6.54 Å². The molecular formula is C14H23ClN2O2S. The fourth-order valence-electron chi connectivity index (χ4n) is 1.57. The van der Waals surface area contributed by atoms with Crippen LogP contribution in [0.2, 0.25) is 5.02 Å². The molecule has 6 heteroatoms. The van der Waals surface area contributed by atoms with Crippen molar-refractivity contribution in [1.29, 1.82) is 0 Å². The van der Waals surface area contributed by atoms with Gasteiger partial charge in [-0.15, -0.1) is 11.3 Å². The molecule has 0 saturated heterocycles. The number of hydrogen-bond acceptors (Lipinski definition) is 4. The van der Waals surface area contributed by atoms with E-state index in [0.717, 1.165) is 18.0 Å². The molecule has 4 nitrogen and oxygen atoms in total. The lowest BCUT2D eigenvalue weighted by molar-refractivity contribution is 0.0522. The van der Waals surface area contributed by atoms with Crippen molar-refractivity contribution in [3.05, 3.63) is 21.3 Å². The van der Waals surface area contributed by atoms with Gasteiger partial charge in [0, 0.05) is 29.4 Å². The van der Waals surface area contributed by atoms with E-state index < -0.39 is 5.60 Å². The molecule has 0 spiro atoms. The Morgan fingerprint density at radius 3 is 2.70 bits per heavy atom. The minimum absolute atomic E-state index is 0.211. The molecular weight excluding hydrogens is 296 g/mol. The van der Waals surface area contributed by atoms with Gasteiger partial charge in [-0.2, -0.15) is 0 Å². The van der Waals surface area contributed by atoms with Crippen LogP contribution in [0.15, 0.2) is 11.4 Å². The van der Waals surface area contributed by atoms with Crippen molar-refractivity contribution in [1.82, 2.24) is 10.6 Å². The van der Waals surface area contributed by atoms with Crippen molar-refractivity contribution in [2.45, 2.75) is 52.3 Å². The molecule has 1 unspecified atom stereocenters. The molecule has 114 valence electrons. The second-order valence-electron chi connectivity index (χ2n) is 5.60. The maximum atomic E-state index is 11.6. The number of ether oxygens (including phenoxy) is 1. The Bertz CT molecular complexity index is 429. The summed E-state index contributed by atoms with van der Waals surface area (Å²) in [5.41, 5.74) is -0.465. The summed E-state index contributed by atoms with van der Waals surface area (Å²) in [7, 11) is 0. The highest BCUT2D eigenvalue weighted by Gasteiger charge is 2.16. The third-order valence-electron chi connectivity index (χ3n) is 2.57. The largest absolute Gasteiger partial charge is 0.444 e. The number of amides is 1. The third-order valence-corrected chi connectivity index (χ3v) is 3.86. The van der Waals surface area contributed by atoms with Crippen molar-refractivity contribution in [2.24, 2.45) is 0 Å². The Morgan fingerprint density at radius 2 is 2.20 bits per heavy atom. The molecule has 0 aliphatic rings. The van der Waals surface area contributed by atoms with Crippen LogP contribution in [-0.4, -0.2) is 24.3 Å². The monoisotopic (exact) mass is 318 g/mol. The first kappa shape index (κ1) is 17.3.